The van der Waals surface area contributed by atoms with Crippen molar-refractivity contribution in [2.45, 2.75) is 32.7 Å². The number of carbonyl (C=O) groups is 2. The van der Waals surface area contributed by atoms with E-state index in [0.717, 1.165) is 37.2 Å². The topological polar surface area (TPSA) is 61.4 Å². The molecule has 1 aliphatic rings. The Hall–Kier alpha value is -1.88. The number of carbonyl (C=O) groups excluding carboxylic acids is 2. The number of likely N-dealkylation sites (tertiary alicyclic amines) is 1. The Labute approximate surface area is 125 Å². The lowest BCUT2D eigenvalue weighted by atomic mass is 10.2. The number of para-hydroxylation sites is 1. The smallest absolute Gasteiger partial charge is 0.239 e. The molecule has 0 radical (unpaired) electrons. The summed E-state index contributed by atoms with van der Waals surface area (Å²) in [5.74, 6) is -0.0541. The summed E-state index contributed by atoms with van der Waals surface area (Å²) in [5.41, 5.74) is 1.83. The van der Waals surface area contributed by atoms with Crippen LogP contribution in [-0.4, -0.2) is 42.4 Å². The van der Waals surface area contributed by atoms with Crippen LogP contribution < -0.4 is 10.6 Å². The normalized spacial score (nSPS) is 15.8. The Morgan fingerprint density at radius 2 is 1.90 bits per heavy atom. The van der Waals surface area contributed by atoms with Crippen molar-refractivity contribution in [1.29, 1.82) is 0 Å². The first kappa shape index (κ1) is 15.5. The molecular formula is C16H23N3O2. The Balaban J connectivity index is 1.78. The fourth-order valence-electron chi connectivity index (χ4n) is 2.45. The van der Waals surface area contributed by atoms with Crippen LogP contribution >= 0.6 is 0 Å². The van der Waals surface area contributed by atoms with Crippen LogP contribution in [-0.2, 0) is 9.59 Å². The van der Waals surface area contributed by atoms with E-state index in [2.05, 4.69) is 10.6 Å². The van der Waals surface area contributed by atoms with Crippen LogP contribution in [0.5, 0.6) is 0 Å². The molecule has 1 fully saturated rings. The summed E-state index contributed by atoms with van der Waals surface area (Å²) in [5, 5.41) is 5.84. The molecule has 1 unspecified atom stereocenters. The van der Waals surface area contributed by atoms with Gasteiger partial charge in [0.2, 0.25) is 11.8 Å². The molecule has 1 aromatic carbocycles. The summed E-state index contributed by atoms with van der Waals surface area (Å²) < 4.78 is 0. The van der Waals surface area contributed by atoms with Crippen molar-refractivity contribution in [2.75, 3.05) is 25.0 Å². The molecule has 2 N–H and O–H groups in total. The predicted octanol–water partition coefficient (Wildman–Crippen LogP) is 1.53. The van der Waals surface area contributed by atoms with Crippen molar-refractivity contribution >= 4 is 17.5 Å². The second-order valence-electron chi connectivity index (χ2n) is 5.50. The minimum absolute atomic E-state index is 0.0798. The van der Waals surface area contributed by atoms with E-state index < -0.39 is 0 Å². The number of anilines is 1. The summed E-state index contributed by atoms with van der Waals surface area (Å²) in [4.78, 5) is 25.9. The highest BCUT2D eigenvalue weighted by Crippen LogP contribution is 2.12. The first-order valence-corrected chi connectivity index (χ1v) is 7.45. The molecule has 0 spiro atoms. The molecule has 1 saturated heterocycles. The molecule has 1 aliphatic heterocycles. The van der Waals surface area contributed by atoms with Gasteiger partial charge in [-0.25, -0.2) is 0 Å². The van der Waals surface area contributed by atoms with Gasteiger partial charge in [-0.2, -0.15) is 0 Å². The molecule has 1 heterocycles. The molecule has 0 saturated carbocycles. The van der Waals surface area contributed by atoms with Gasteiger partial charge in [0.05, 0.1) is 12.6 Å². The Morgan fingerprint density at radius 3 is 2.57 bits per heavy atom. The zero-order valence-electron chi connectivity index (χ0n) is 12.7. The van der Waals surface area contributed by atoms with Crippen LogP contribution in [0.1, 0.15) is 25.3 Å². The van der Waals surface area contributed by atoms with E-state index >= 15 is 0 Å². The van der Waals surface area contributed by atoms with Crippen molar-refractivity contribution < 1.29 is 9.59 Å². The van der Waals surface area contributed by atoms with Crippen LogP contribution in [0.25, 0.3) is 0 Å². The molecule has 2 amide bonds. The second kappa shape index (κ2) is 7.22. The third-order valence-corrected chi connectivity index (χ3v) is 3.78. The third-order valence-electron chi connectivity index (χ3n) is 3.78. The van der Waals surface area contributed by atoms with Crippen molar-refractivity contribution in [2.24, 2.45) is 0 Å². The zero-order chi connectivity index (χ0) is 15.2. The second-order valence-corrected chi connectivity index (χ2v) is 5.50. The van der Waals surface area contributed by atoms with E-state index in [4.69, 9.17) is 0 Å². The van der Waals surface area contributed by atoms with E-state index in [9.17, 15) is 9.59 Å². The molecule has 21 heavy (non-hydrogen) atoms. The van der Waals surface area contributed by atoms with Gasteiger partial charge in [0.15, 0.2) is 0 Å². The Bertz CT molecular complexity index is 510. The van der Waals surface area contributed by atoms with Gasteiger partial charge in [0, 0.05) is 18.8 Å². The molecular weight excluding hydrogens is 266 g/mol. The maximum atomic E-state index is 12.1. The molecule has 5 nitrogen and oxygen atoms in total. The minimum atomic E-state index is -0.328. The molecule has 0 bridgehead atoms. The third kappa shape index (κ3) is 4.29. The SMILES string of the molecule is Cc1ccccc1NC(=O)CNC(C)C(=O)N1CCCC1. The number of nitrogens with one attached hydrogen (secondary N) is 2. The highest BCUT2D eigenvalue weighted by Gasteiger charge is 2.23. The maximum absolute atomic E-state index is 12.1. The number of hydrogen-bond donors (Lipinski definition) is 2. The highest BCUT2D eigenvalue weighted by atomic mass is 16.2. The number of hydrogen-bond acceptors (Lipinski definition) is 3. The highest BCUT2D eigenvalue weighted by molar-refractivity contribution is 5.93. The summed E-state index contributed by atoms with van der Waals surface area (Å²) in [6.07, 6.45) is 2.15. The van der Waals surface area contributed by atoms with E-state index in [0.29, 0.717) is 0 Å². The lowest BCUT2D eigenvalue weighted by Gasteiger charge is -2.21. The molecule has 0 aromatic heterocycles. The molecule has 114 valence electrons. The van der Waals surface area contributed by atoms with Crippen molar-refractivity contribution in [3.8, 4) is 0 Å². The van der Waals surface area contributed by atoms with Crippen LogP contribution in [0.3, 0.4) is 0 Å². The predicted molar refractivity (Wildman–Crippen MR) is 83.1 cm³/mol. The lowest BCUT2D eigenvalue weighted by Crippen LogP contribution is -2.46. The van der Waals surface area contributed by atoms with Crippen molar-refractivity contribution in [1.82, 2.24) is 10.2 Å². The fraction of sp³-hybridized carbons (Fsp3) is 0.500. The maximum Gasteiger partial charge on any atom is 0.239 e. The largest absolute Gasteiger partial charge is 0.341 e. The molecule has 1 atom stereocenters. The lowest BCUT2D eigenvalue weighted by molar-refractivity contribution is -0.132. The first-order valence-electron chi connectivity index (χ1n) is 7.45. The van der Waals surface area contributed by atoms with Gasteiger partial charge in [-0.1, -0.05) is 18.2 Å². The van der Waals surface area contributed by atoms with E-state index in [1.165, 1.54) is 0 Å². The van der Waals surface area contributed by atoms with Crippen LogP contribution in [0.15, 0.2) is 24.3 Å². The van der Waals surface area contributed by atoms with Crippen LogP contribution in [0, 0.1) is 6.92 Å². The van der Waals surface area contributed by atoms with Gasteiger partial charge in [0.25, 0.3) is 0 Å². The van der Waals surface area contributed by atoms with Crippen molar-refractivity contribution in [3.63, 3.8) is 0 Å². The Morgan fingerprint density at radius 1 is 1.24 bits per heavy atom. The van der Waals surface area contributed by atoms with Gasteiger partial charge >= 0.3 is 0 Å². The van der Waals surface area contributed by atoms with E-state index in [1.54, 1.807) is 0 Å². The average Bonchev–Trinajstić information content (AvgIpc) is 3.00. The zero-order valence-corrected chi connectivity index (χ0v) is 12.7. The molecule has 0 aliphatic carbocycles. The minimum Gasteiger partial charge on any atom is -0.341 e. The summed E-state index contributed by atoms with van der Waals surface area (Å²) in [7, 11) is 0. The van der Waals surface area contributed by atoms with Crippen LogP contribution in [0.4, 0.5) is 5.69 Å². The van der Waals surface area contributed by atoms with Gasteiger partial charge < -0.3 is 10.2 Å². The molecule has 5 heteroatoms. The number of amides is 2. The van der Waals surface area contributed by atoms with Crippen molar-refractivity contribution in [3.05, 3.63) is 29.8 Å². The van der Waals surface area contributed by atoms with Crippen LogP contribution in [0.2, 0.25) is 0 Å². The summed E-state index contributed by atoms with van der Waals surface area (Å²) in [6.45, 7) is 5.56. The van der Waals surface area contributed by atoms with Gasteiger partial charge in [-0.05, 0) is 38.3 Å². The monoisotopic (exact) mass is 289 g/mol. The first-order chi connectivity index (χ1) is 10.1. The van der Waals surface area contributed by atoms with Gasteiger partial charge in [0.1, 0.15) is 0 Å². The summed E-state index contributed by atoms with van der Waals surface area (Å²) in [6, 6.07) is 7.30. The van der Waals surface area contributed by atoms with Gasteiger partial charge in [-0.15, -0.1) is 0 Å². The number of benzene rings is 1. The number of nitrogens with zero attached hydrogens (tertiary/aromatic N) is 1. The standard InChI is InChI=1S/C16H23N3O2/c1-12-7-3-4-8-14(12)18-15(20)11-17-13(2)16(21)19-9-5-6-10-19/h3-4,7-8,13,17H,5-6,9-11H2,1-2H3,(H,18,20). The van der Waals surface area contributed by atoms with E-state index in [-0.39, 0.29) is 24.4 Å². The molecule has 2 rings (SSSR count). The van der Waals surface area contributed by atoms with Gasteiger partial charge in [-0.3, -0.25) is 14.9 Å². The average molecular weight is 289 g/mol. The summed E-state index contributed by atoms with van der Waals surface area (Å²) >= 11 is 0. The Kier molecular flexibility index (Phi) is 5.33. The quantitative estimate of drug-likeness (QED) is 0.864. The number of aryl methyl sites for hydroxylation is 1. The molecule has 1 aromatic rings. The fourth-order valence-corrected chi connectivity index (χ4v) is 2.45. The number of rotatable bonds is 5. The van der Waals surface area contributed by atoms with E-state index in [1.807, 2.05) is 43.0 Å².